The summed E-state index contributed by atoms with van der Waals surface area (Å²) in [4.78, 5) is 0. The highest BCUT2D eigenvalue weighted by Gasteiger charge is 2.45. The van der Waals surface area contributed by atoms with Crippen LogP contribution >= 0.6 is 0 Å². The van der Waals surface area contributed by atoms with Gasteiger partial charge in [0, 0.05) is 0 Å². The molecule has 154 valence electrons. The largest absolute Gasteiger partial charge is 0.0651 e. The van der Waals surface area contributed by atoms with Crippen molar-refractivity contribution in [3.8, 4) is 0 Å². The van der Waals surface area contributed by atoms with Crippen LogP contribution < -0.4 is 0 Å². The molecular formula is C26H50. The molecule has 0 amide bonds. The zero-order chi connectivity index (χ0) is 19.4. The van der Waals surface area contributed by atoms with Crippen LogP contribution in [0.2, 0.25) is 0 Å². The first-order valence-corrected chi connectivity index (χ1v) is 12.2. The van der Waals surface area contributed by atoms with Crippen LogP contribution in [0.5, 0.6) is 0 Å². The van der Waals surface area contributed by atoms with E-state index in [2.05, 4.69) is 55.4 Å². The van der Waals surface area contributed by atoms with Crippen molar-refractivity contribution in [3.63, 3.8) is 0 Å². The topological polar surface area (TPSA) is 0 Å². The zero-order valence-electron chi connectivity index (χ0n) is 19.4. The number of fused-ring (bicyclic) bond motifs is 1. The molecule has 0 radical (unpaired) electrons. The minimum atomic E-state index is 0.898. The summed E-state index contributed by atoms with van der Waals surface area (Å²) >= 11 is 0. The second-order valence-corrected chi connectivity index (χ2v) is 11.3. The summed E-state index contributed by atoms with van der Waals surface area (Å²) in [6.45, 7) is 19.4. The van der Waals surface area contributed by atoms with E-state index in [1.54, 1.807) is 0 Å². The van der Waals surface area contributed by atoms with Gasteiger partial charge in [-0.15, -0.1) is 0 Å². The third-order valence-corrected chi connectivity index (χ3v) is 8.95. The quantitative estimate of drug-likeness (QED) is 0.472. The van der Waals surface area contributed by atoms with E-state index in [0.29, 0.717) is 0 Å². The van der Waals surface area contributed by atoms with Crippen molar-refractivity contribution in [3.05, 3.63) is 0 Å². The van der Waals surface area contributed by atoms with Crippen LogP contribution in [-0.2, 0) is 0 Å². The molecule has 3 aliphatic rings. The molecule has 8 unspecified atom stereocenters. The second-order valence-electron chi connectivity index (χ2n) is 11.3. The molecule has 0 heteroatoms. The minimum Gasteiger partial charge on any atom is -0.0651 e. The highest BCUT2D eigenvalue weighted by Crippen LogP contribution is 2.53. The first kappa shape index (κ1) is 22.3. The lowest BCUT2D eigenvalue weighted by Crippen LogP contribution is -2.36. The fourth-order valence-corrected chi connectivity index (χ4v) is 6.66. The van der Waals surface area contributed by atoms with Gasteiger partial charge >= 0.3 is 0 Å². The average Bonchev–Trinajstić information content (AvgIpc) is 2.98. The maximum atomic E-state index is 2.51. The van der Waals surface area contributed by atoms with Crippen molar-refractivity contribution >= 4 is 0 Å². The van der Waals surface area contributed by atoms with Crippen LogP contribution in [0.25, 0.3) is 0 Å². The van der Waals surface area contributed by atoms with Gasteiger partial charge in [0.25, 0.3) is 0 Å². The molecule has 3 rings (SSSR count). The highest BCUT2D eigenvalue weighted by atomic mass is 14.5. The predicted molar refractivity (Wildman–Crippen MR) is 117 cm³/mol. The van der Waals surface area contributed by atoms with Crippen molar-refractivity contribution in [2.75, 3.05) is 0 Å². The lowest BCUT2D eigenvalue weighted by Gasteiger charge is -2.44. The summed E-state index contributed by atoms with van der Waals surface area (Å²) in [5.41, 5.74) is 0. The van der Waals surface area contributed by atoms with Crippen LogP contribution in [0.1, 0.15) is 107 Å². The van der Waals surface area contributed by atoms with E-state index in [4.69, 9.17) is 0 Å². The molecule has 0 spiro atoms. The molecule has 3 fully saturated rings. The standard InChI is InChI=1S/C16H30.C10H20/c1-10(2)14-8-13-7-6-12(5)16(13)15(9-14)11(3)4;1-4-10-6-5-8(2)9(3)7-10/h10-16H,6-9H2,1-5H3;8-10H,4-7H2,1-3H3. The third kappa shape index (κ3) is 5.51. The van der Waals surface area contributed by atoms with Gasteiger partial charge in [-0.25, -0.2) is 0 Å². The van der Waals surface area contributed by atoms with Gasteiger partial charge in [-0.3, -0.25) is 0 Å². The SMILES string of the molecule is CC(C)C1CC2CCC(C)C2C(C(C)C)C1.CCC1CCC(C)C(C)C1. The Hall–Kier alpha value is 0. The maximum absolute atomic E-state index is 2.51. The van der Waals surface area contributed by atoms with Crippen LogP contribution in [0.15, 0.2) is 0 Å². The molecule has 0 saturated heterocycles. The van der Waals surface area contributed by atoms with E-state index in [0.717, 1.165) is 59.2 Å². The molecule has 0 N–H and O–H groups in total. The van der Waals surface area contributed by atoms with Gasteiger partial charge in [0.2, 0.25) is 0 Å². The molecule has 0 heterocycles. The predicted octanol–water partition coefficient (Wildman–Crippen LogP) is 8.46. The molecule has 0 bridgehead atoms. The fourth-order valence-electron chi connectivity index (χ4n) is 6.66. The van der Waals surface area contributed by atoms with Gasteiger partial charge in [-0.2, -0.15) is 0 Å². The third-order valence-electron chi connectivity index (χ3n) is 8.95. The number of rotatable bonds is 3. The molecule has 8 atom stereocenters. The van der Waals surface area contributed by atoms with E-state index >= 15 is 0 Å². The van der Waals surface area contributed by atoms with Gasteiger partial charge in [0.1, 0.15) is 0 Å². The first-order valence-electron chi connectivity index (χ1n) is 12.2. The van der Waals surface area contributed by atoms with Gasteiger partial charge in [0.15, 0.2) is 0 Å². The second kappa shape index (κ2) is 9.97. The highest BCUT2D eigenvalue weighted by molar-refractivity contribution is 4.94. The Morgan fingerprint density at radius 2 is 1.35 bits per heavy atom. The molecular weight excluding hydrogens is 312 g/mol. The smallest absolute Gasteiger partial charge is 0.0329 e. The number of hydrogen-bond donors (Lipinski definition) is 0. The fraction of sp³-hybridized carbons (Fsp3) is 1.00. The Kier molecular flexibility index (Phi) is 8.55. The molecule has 0 aromatic rings. The van der Waals surface area contributed by atoms with E-state index in [-0.39, 0.29) is 0 Å². The Bertz CT molecular complexity index is 395. The molecule has 0 nitrogen and oxygen atoms in total. The van der Waals surface area contributed by atoms with Gasteiger partial charge in [-0.1, -0.05) is 81.1 Å². The van der Waals surface area contributed by atoms with Crippen molar-refractivity contribution in [1.29, 1.82) is 0 Å². The van der Waals surface area contributed by atoms with Crippen LogP contribution in [0.3, 0.4) is 0 Å². The van der Waals surface area contributed by atoms with Gasteiger partial charge in [0.05, 0.1) is 0 Å². The minimum absolute atomic E-state index is 0.898. The lowest BCUT2D eigenvalue weighted by atomic mass is 9.62. The normalized spacial score (nSPS) is 43.2. The summed E-state index contributed by atoms with van der Waals surface area (Å²) in [5, 5.41) is 0. The summed E-state index contributed by atoms with van der Waals surface area (Å²) in [6.07, 6.45) is 11.9. The van der Waals surface area contributed by atoms with E-state index < -0.39 is 0 Å². The maximum Gasteiger partial charge on any atom is -0.0329 e. The van der Waals surface area contributed by atoms with Crippen molar-refractivity contribution in [2.45, 2.75) is 107 Å². The van der Waals surface area contributed by atoms with Crippen molar-refractivity contribution in [2.24, 2.45) is 59.2 Å². The molecule has 26 heavy (non-hydrogen) atoms. The van der Waals surface area contributed by atoms with Crippen LogP contribution in [0.4, 0.5) is 0 Å². The Morgan fingerprint density at radius 1 is 0.692 bits per heavy atom. The molecule has 0 aliphatic heterocycles. The van der Waals surface area contributed by atoms with Crippen molar-refractivity contribution in [1.82, 2.24) is 0 Å². The molecule has 0 aromatic heterocycles. The van der Waals surface area contributed by atoms with Gasteiger partial charge < -0.3 is 0 Å². The van der Waals surface area contributed by atoms with E-state index in [9.17, 15) is 0 Å². The monoisotopic (exact) mass is 362 g/mol. The zero-order valence-corrected chi connectivity index (χ0v) is 19.4. The lowest BCUT2D eigenvalue weighted by molar-refractivity contribution is 0.0544. The Labute approximate surface area is 166 Å². The van der Waals surface area contributed by atoms with Crippen LogP contribution in [-0.4, -0.2) is 0 Å². The summed E-state index contributed by atoms with van der Waals surface area (Å²) < 4.78 is 0. The molecule has 3 saturated carbocycles. The number of hydrogen-bond acceptors (Lipinski definition) is 0. The molecule has 0 aromatic carbocycles. The van der Waals surface area contributed by atoms with E-state index in [1.807, 2.05) is 0 Å². The average molecular weight is 363 g/mol. The van der Waals surface area contributed by atoms with Crippen molar-refractivity contribution < 1.29 is 0 Å². The summed E-state index contributed by atoms with van der Waals surface area (Å²) in [7, 11) is 0. The molecule has 3 aliphatic carbocycles. The van der Waals surface area contributed by atoms with Gasteiger partial charge in [-0.05, 0) is 84.9 Å². The van der Waals surface area contributed by atoms with Crippen LogP contribution in [0, 0.1) is 59.2 Å². The summed E-state index contributed by atoms with van der Waals surface area (Å²) in [6, 6.07) is 0. The Morgan fingerprint density at radius 3 is 1.88 bits per heavy atom. The first-order chi connectivity index (χ1) is 12.2. The van der Waals surface area contributed by atoms with E-state index in [1.165, 1.54) is 51.4 Å². The Balaban J connectivity index is 0.000000209. The summed E-state index contributed by atoms with van der Waals surface area (Å²) in [5.74, 6) is 9.99.